The van der Waals surface area contributed by atoms with Gasteiger partial charge in [-0.3, -0.25) is 14.4 Å². The summed E-state index contributed by atoms with van der Waals surface area (Å²) in [6.45, 7) is 6.46. The number of unbranched alkanes of at least 4 members (excludes halogenated alkanes) is 23. The van der Waals surface area contributed by atoms with E-state index in [0.717, 1.165) is 161 Å². The van der Waals surface area contributed by atoms with Crippen molar-refractivity contribution in [2.75, 3.05) is 13.2 Å². The van der Waals surface area contributed by atoms with Crippen molar-refractivity contribution in [3.05, 3.63) is 109 Å². The number of esters is 3. The standard InChI is InChI=1S/C65H108O6/c1-4-7-10-13-16-19-22-25-28-31-32-33-34-35-38-40-43-46-49-52-55-58-64(67)70-61-62(71-65(68)59-56-53-50-47-44-41-37-30-27-24-21-18-15-12-9-6-3)60-69-63(66)57-54-51-48-45-42-39-36-29-26-23-20-17-14-11-8-5-2/h7,10,16,19-21,23-25,28-30,32-33,35-38,62H,4-6,8-9,11-15,17-18,22,26-27,31,34,39-61H2,1-3H3/b10-7-,19-16-,23-20-,24-21-,28-25-,33-32-,36-29-,37-30-,38-35-. The van der Waals surface area contributed by atoms with Gasteiger partial charge in [0.1, 0.15) is 13.2 Å². The monoisotopic (exact) mass is 985 g/mol. The molecule has 6 heteroatoms. The van der Waals surface area contributed by atoms with E-state index in [4.69, 9.17) is 14.2 Å². The van der Waals surface area contributed by atoms with Crippen LogP contribution in [-0.2, 0) is 28.6 Å². The van der Waals surface area contributed by atoms with Gasteiger partial charge >= 0.3 is 17.9 Å². The minimum Gasteiger partial charge on any atom is -0.462 e. The zero-order valence-corrected chi connectivity index (χ0v) is 46.2. The number of carbonyl (C=O) groups is 3. The molecule has 0 aromatic rings. The fourth-order valence-electron chi connectivity index (χ4n) is 7.82. The Morgan fingerprint density at radius 3 is 0.859 bits per heavy atom. The van der Waals surface area contributed by atoms with Crippen LogP contribution in [0.1, 0.15) is 265 Å². The van der Waals surface area contributed by atoms with Crippen LogP contribution < -0.4 is 0 Å². The molecule has 0 amide bonds. The lowest BCUT2D eigenvalue weighted by Crippen LogP contribution is -2.30. The predicted octanol–water partition coefficient (Wildman–Crippen LogP) is 19.9. The highest BCUT2D eigenvalue weighted by molar-refractivity contribution is 5.71. The number of carbonyl (C=O) groups excluding carboxylic acids is 3. The van der Waals surface area contributed by atoms with Crippen LogP contribution in [0, 0.1) is 0 Å². The Hall–Kier alpha value is -3.93. The first-order valence-electron chi connectivity index (χ1n) is 29.4. The van der Waals surface area contributed by atoms with Gasteiger partial charge in [-0.25, -0.2) is 0 Å². The molecule has 0 rings (SSSR count). The Bertz CT molecular complexity index is 1460. The minimum atomic E-state index is -0.802. The second-order valence-corrected chi connectivity index (χ2v) is 19.2. The Morgan fingerprint density at radius 1 is 0.296 bits per heavy atom. The maximum atomic E-state index is 12.9. The summed E-state index contributed by atoms with van der Waals surface area (Å²) >= 11 is 0. The number of hydrogen-bond acceptors (Lipinski definition) is 6. The molecule has 0 heterocycles. The van der Waals surface area contributed by atoms with Crippen LogP contribution in [0.5, 0.6) is 0 Å². The zero-order valence-electron chi connectivity index (χ0n) is 46.2. The van der Waals surface area contributed by atoms with Gasteiger partial charge in [-0.2, -0.15) is 0 Å². The molecule has 71 heavy (non-hydrogen) atoms. The van der Waals surface area contributed by atoms with Crippen molar-refractivity contribution in [3.63, 3.8) is 0 Å². The molecule has 0 bridgehead atoms. The van der Waals surface area contributed by atoms with Gasteiger partial charge in [0, 0.05) is 19.3 Å². The third-order valence-corrected chi connectivity index (χ3v) is 12.2. The molecule has 1 unspecified atom stereocenters. The molecule has 404 valence electrons. The maximum Gasteiger partial charge on any atom is 0.306 e. The van der Waals surface area contributed by atoms with Crippen molar-refractivity contribution in [1.29, 1.82) is 0 Å². The number of rotatable bonds is 52. The summed E-state index contributed by atoms with van der Waals surface area (Å²) in [4.78, 5) is 38.2. The van der Waals surface area contributed by atoms with Crippen molar-refractivity contribution in [3.8, 4) is 0 Å². The van der Waals surface area contributed by atoms with E-state index < -0.39 is 6.10 Å². The predicted molar refractivity (Wildman–Crippen MR) is 307 cm³/mol. The van der Waals surface area contributed by atoms with Gasteiger partial charge in [0.05, 0.1) is 0 Å². The minimum absolute atomic E-state index is 0.0988. The van der Waals surface area contributed by atoms with Gasteiger partial charge < -0.3 is 14.2 Å². The molecule has 0 fully saturated rings. The molecular weight excluding hydrogens is 877 g/mol. The number of hydrogen-bond donors (Lipinski definition) is 0. The lowest BCUT2D eigenvalue weighted by atomic mass is 10.1. The van der Waals surface area contributed by atoms with Gasteiger partial charge in [0.2, 0.25) is 0 Å². The van der Waals surface area contributed by atoms with Gasteiger partial charge in [-0.1, -0.05) is 226 Å². The van der Waals surface area contributed by atoms with Crippen molar-refractivity contribution in [2.24, 2.45) is 0 Å². The summed E-state index contributed by atoms with van der Waals surface area (Å²) in [5.41, 5.74) is 0. The van der Waals surface area contributed by atoms with E-state index in [0.29, 0.717) is 19.3 Å². The molecule has 0 spiro atoms. The van der Waals surface area contributed by atoms with E-state index in [1.165, 1.54) is 64.2 Å². The highest BCUT2D eigenvalue weighted by Crippen LogP contribution is 2.14. The van der Waals surface area contributed by atoms with Crippen LogP contribution in [0.25, 0.3) is 0 Å². The third kappa shape index (κ3) is 56.9. The number of ether oxygens (including phenoxy) is 3. The summed E-state index contributed by atoms with van der Waals surface area (Å²) < 4.78 is 16.9. The van der Waals surface area contributed by atoms with Gasteiger partial charge in [0.15, 0.2) is 6.10 Å². The summed E-state index contributed by atoms with van der Waals surface area (Å²) in [5, 5.41) is 0. The zero-order chi connectivity index (χ0) is 51.4. The Morgan fingerprint density at radius 2 is 0.549 bits per heavy atom. The summed E-state index contributed by atoms with van der Waals surface area (Å²) in [6, 6.07) is 0. The first kappa shape index (κ1) is 67.1. The highest BCUT2D eigenvalue weighted by Gasteiger charge is 2.19. The summed E-state index contributed by atoms with van der Waals surface area (Å²) in [7, 11) is 0. The van der Waals surface area contributed by atoms with E-state index >= 15 is 0 Å². The van der Waals surface area contributed by atoms with Gasteiger partial charge in [0.25, 0.3) is 0 Å². The third-order valence-electron chi connectivity index (χ3n) is 12.2. The molecule has 0 saturated heterocycles. The Labute approximate surface area is 438 Å². The van der Waals surface area contributed by atoms with E-state index in [2.05, 4.69) is 130 Å². The second kappa shape index (κ2) is 58.6. The molecule has 6 nitrogen and oxygen atoms in total. The first-order valence-corrected chi connectivity index (χ1v) is 29.4. The molecule has 0 aromatic carbocycles. The van der Waals surface area contributed by atoms with Crippen molar-refractivity contribution in [2.45, 2.75) is 271 Å². The molecule has 0 aromatic heterocycles. The molecule has 0 radical (unpaired) electrons. The largest absolute Gasteiger partial charge is 0.462 e. The van der Waals surface area contributed by atoms with Crippen LogP contribution >= 0.6 is 0 Å². The summed E-state index contributed by atoms with van der Waals surface area (Å²) in [5.74, 6) is -0.943. The van der Waals surface area contributed by atoms with Crippen LogP contribution in [0.3, 0.4) is 0 Å². The fraction of sp³-hybridized carbons (Fsp3) is 0.677. The molecule has 1 atom stereocenters. The average Bonchev–Trinajstić information content (AvgIpc) is 3.37. The lowest BCUT2D eigenvalue weighted by molar-refractivity contribution is -0.167. The van der Waals surface area contributed by atoms with E-state index in [-0.39, 0.29) is 31.1 Å². The normalized spacial score (nSPS) is 12.9. The average molecular weight is 986 g/mol. The lowest BCUT2D eigenvalue weighted by Gasteiger charge is -2.18. The smallest absolute Gasteiger partial charge is 0.306 e. The van der Waals surface area contributed by atoms with E-state index in [1.54, 1.807) is 0 Å². The van der Waals surface area contributed by atoms with Gasteiger partial charge in [-0.15, -0.1) is 0 Å². The molecule has 0 aliphatic heterocycles. The van der Waals surface area contributed by atoms with Crippen LogP contribution in [0.15, 0.2) is 109 Å². The molecule has 0 aliphatic carbocycles. The van der Waals surface area contributed by atoms with Crippen LogP contribution in [0.2, 0.25) is 0 Å². The maximum absolute atomic E-state index is 12.9. The Balaban J connectivity index is 4.47. The molecule has 0 N–H and O–H groups in total. The van der Waals surface area contributed by atoms with E-state index in [9.17, 15) is 14.4 Å². The Kier molecular flexibility index (Phi) is 55.4. The van der Waals surface area contributed by atoms with Crippen molar-refractivity contribution >= 4 is 17.9 Å². The quantitative estimate of drug-likeness (QED) is 0.0261. The molecule has 0 aliphatic rings. The van der Waals surface area contributed by atoms with Crippen LogP contribution in [-0.4, -0.2) is 37.2 Å². The number of allylic oxidation sites excluding steroid dienone is 18. The van der Waals surface area contributed by atoms with Crippen molar-refractivity contribution in [1.82, 2.24) is 0 Å². The first-order chi connectivity index (χ1) is 35.0. The molecule has 0 saturated carbocycles. The fourth-order valence-corrected chi connectivity index (χ4v) is 7.82. The topological polar surface area (TPSA) is 78.9 Å². The molecular formula is C65H108O6. The SMILES string of the molecule is CC/C=C\C/C=C\C/C=C\C/C=C\C/C=C\CCCCCCCC(=O)OCC(COC(=O)CCCCCCC/C=C\C/C=C\CCCCCC)OC(=O)CCCCCCC/C=C\C/C=C\CCCCCC. The van der Waals surface area contributed by atoms with Crippen molar-refractivity contribution < 1.29 is 28.6 Å². The van der Waals surface area contributed by atoms with E-state index in [1.807, 2.05) is 0 Å². The van der Waals surface area contributed by atoms with Crippen LogP contribution in [0.4, 0.5) is 0 Å². The highest BCUT2D eigenvalue weighted by atomic mass is 16.6. The second-order valence-electron chi connectivity index (χ2n) is 19.2. The van der Waals surface area contributed by atoms with Gasteiger partial charge in [-0.05, 0) is 128 Å². The summed E-state index contributed by atoms with van der Waals surface area (Å²) in [6.07, 6.45) is 79.3.